The number of anilines is 1. The first-order valence-corrected chi connectivity index (χ1v) is 9.21. The minimum absolute atomic E-state index is 0. The minimum atomic E-state index is -0.757. The number of nitrogens with zero attached hydrogens (tertiary/aromatic N) is 2. The number of aryl methyl sites for hydroxylation is 2. The number of halogens is 3. The third-order valence-corrected chi connectivity index (χ3v) is 5.52. The van der Waals surface area contributed by atoms with Crippen LogP contribution >= 0.6 is 24.8 Å². The summed E-state index contributed by atoms with van der Waals surface area (Å²) in [6.07, 6.45) is 3.45. The van der Waals surface area contributed by atoms with E-state index in [2.05, 4.69) is 10.3 Å². The lowest BCUT2D eigenvalue weighted by Gasteiger charge is -2.23. The number of hydrogen-bond donors (Lipinski definition) is 2. The molecular weight excluding hydrogens is 414 g/mol. The van der Waals surface area contributed by atoms with Gasteiger partial charge in [0.05, 0.1) is 16.6 Å². The zero-order valence-electron chi connectivity index (χ0n) is 16.4. The van der Waals surface area contributed by atoms with Crippen molar-refractivity contribution in [2.45, 2.75) is 38.1 Å². The second kappa shape index (κ2) is 8.69. The molecule has 0 aliphatic heterocycles. The van der Waals surface area contributed by atoms with Gasteiger partial charge in [0.15, 0.2) is 0 Å². The number of benzene rings is 2. The normalized spacial score (nSPS) is 14.9. The van der Waals surface area contributed by atoms with Crippen molar-refractivity contribution >= 4 is 47.4 Å². The molecule has 1 saturated carbocycles. The third-order valence-electron chi connectivity index (χ3n) is 5.52. The van der Waals surface area contributed by atoms with Crippen molar-refractivity contribution in [2.75, 3.05) is 5.32 Å². The Hall–Kier alpha value is -2.15. The molecule has 2 aromatic carbocycles. The molecule has 0 unspecified atom stereocenters. The number of imidazole rings is 1. The summed E-state index contributed by atoms with van der Waals surface area (Å²) in [5.74, 6) is 0.334. The van der Waals surface area contributed by atoms with E-state index in [1.165, 1.54) is 12.1 Å². The summed E-state index contributed by atoms with van der Waals surface area (Å²) in [5, 5.41) is 2.98. The zero-order chi connectivity index (χ0) is 19.2. The molecule has 4 rings (SSSR count). The van der Waals surface area contributed by atoms with Gasteiger partial charge in [-0.1, -0.05) is 12.8 Å². The van der Waals surface area contributed by atoms with Gasteiger partial charge in [0.25, 0.3) is 0 Å². The van der Waals surface area contributed by atoms with Crippen LogP contribution in [0.15, 0.2) is 36.4 Å². The van der Waals surface area contributed by atoms with Crippen LogP contribution in [0, 0.1) is 12.7 Å². The van der Waals surface area contributed by atoms with E-state index in [4.69, 9.17) is 5.73 Å². The van der Waals surface area contributed by atoms with Gasteiger partial charge >= 0.3 is 0 Å². The first-order chi connectivity index (χ1) is 12.9. The van der Waals surface area contributed by atoms with E-state index in [9.17, 15) is 9.18 Å². The van der Waals surface area contributed by atoms with Crippen molar-refractivity contribution in [2.24, 2.45) is 12.8 Å². The lowest BCUT2D eigenvalue weighted by molar-refractivity contribution is -0.121. The molecule has 156 valence electrons. The summed E-state index contributed by atoms with van der Waals surface area (Å²) in [6, 6.07) is 10.4. The summed E-state index contributed by atoms with van der Waals surface area (Å²) in [4.78, 5) is 17.1. The highest BCUT2D eigenvalue weighted by Gasteiger charge is 2.37. The molecule has 8 heteroatoms. The highest BCUT2D eigenvalue weighted by Crippen LogP contribution is 2.31. The maximum absolute atomic E-state index is 13.5. The highest BCUT2D eigenvalue weighted by atomic mass is 35.5. The first-order valence-electron chi connectivity index (χ1n) is 9.21. The zero-order valence-corrected chi connectivity index (χ0v) is 18.0. The molecule has 1 aliphatic rings. The summed E-state index contributed by atoms with van der Waals surface area (Å²) in [5.41, 5.74) is 9.57. The standard InChI is InChI=1S/C21H23FN4O.2ClH/c1-13-11-14(19-24-17-12-15(22)6-8-18(17)26(19)2)5-7-16(13)25-20(27)21(23)9-3-4-10-21;;/h5-8,11-12H,3-4,9-10,23H2,1-2H3,(H,25,27);2*1H. The Labute approximate surface area is 181 Å². The maximum atomic E-state index is 13.5. The molecular formula is C21H25Cl2FN4O. The summed E-state index contributed by atoms with van der Waals surface area (Å²) >= 11 is 0. The van der Waals surface area contributed by atoms with Gasteiger partial charge in [0.1, 0.15) is 11.6 Å². The van der Waals surface area contributed by atoms with Crippen LogP contribution in [0.1, 0.15) is 31.2 Å². The van der Waals surface area contributed by atoms with Gasteiger partial charge in [-0.05, 0) is 55.7 Å². The van der Waals surface area contributed by atoms with Crippen molar-refractivity contribution < 1.29 is 9.18 Å². The molecule has 1 aromatic heterocycles. The summed E-state index contributed by atoms with van der Waals surface area (Å²) in [6.45, 7) is 1.94. The lowest BCUT2D eigenvalue weighted by Crippen LogP contribution is -2.48. The quantitative estimate of drug-likeness (QED) is 0.619. The molecule has 3 aromatic rings. The largest absolute Gasteiger partial charge is 0.327 e. The number of hydrogen-bond acceptors (Lipinski definition) is 3. The molecule has 29 heavy (non-hydrogen) atoms. The predicted molar refractivity (Wildman–Crippen MR) is 119 cm³/mol. The Bertz CT molecular complexity index is 1040. The van der Waals surface area contributed by atoms with Crippen LogP contribution in [0.25, 0.3) is 22.4 Å². The van der Waals surface area contributed by atoms with E-state index in [1.807, 2.05) is 36.7 Å². The molecule has 1 fully saturated rings. The molecule has 5 nitrogen and oxygen atoms in total. The van der Waals surface area contributed by atoms with Gasteiger partial charge in [-0.15, -0.1) is 24.8 Å². The molecule has 3 N–H and O–H groups in total. The van der Waals surface area contributed by atoms with Gasteiger partial charge in [0.2, 0.25) is 5.91 Å². The average molecular weight is 439 g/mol. The van der Waals surface area contributed by atoms with Crippen LogP contribution in [0.4, 0.5) is 10.1 Å². The Morgan fingerprint density at radius 2 is 1.86 bits per heavy atom. The van der Waals surface area contributed by atoms with Gasteiger partial charge in [0, 0.05) is 24.4 Å². The van der Waals surface area contributed by atoms with E-state index < -0.39 is 5.54 Å². The SMILES string of the molecule is Cc1cc(-c2nc3cc(F)ccc3n2C)ccc1NC(=O)C1(N)CCCC1.Cl.Cl. The van der Waals surface area contributed by atoms with Gasteiger partial charge < -0.3 is 15.6 Å². The van der Waals surface area contributed by atoms with Gasteiger partial charge in [-0.25, -0.2) is 9.37 Å². The Balaban J connectivity index is 0.00000150. The van der Waals surface area contributed by atoms with Crippen molar-refractivity contribution in [3.8, 4) is 11.4 Å². The molecule has 1 amide bonds. The maximum Gasteiger partial charge on any atom is 0.244 e. The van der Waals surface area contributed by atoms with E-state index in [0.29, 0.717) is 5.52 Å². The number of nitrogens with one attached hydrogen (secondary N) is 1. The van der Waals surface area contributed by atoms with Crippen LogP contribution in [0.2, 0.25) is 0 Å². The number of nitrogens with two attached hydrogens (primary N) is 1. The van der Waals surface area contributed by atoms with E-state index in [-0.39, 0.29) is 36.5 Å². The fourth-order valence-electron chi connectivity index (χ4n) is 3.85. The smallest absolute Gasteiger partial charge is 0.244 e. The van der Waals surface area contributed by atoms with E-state index >= 15 is 0 Å². The van der Waals surface area contributed by atoms with Crippen molar-refractivity contribution in [3.63, 3.8) is 0 Å². The number of rotatable bonds is 3. The molecule has 1 heterocycles. The monoisotopic (exact) mass is 438 g/mol. The Kier molecular flexibility index (Phi) is 6.93. The third kappa shape index (κ3) is 4.25. The van der Waals surface area contributed by atoms with E-state index in [0.717, 1.165) is 53.8 Å². The van der Waals surface area contributed by atoms with Crippen LogP contribution in [0.5, 0.6) is 0 Å². The number of carbonyl (C=O) groups is 1. The molecule has 0 atom stereocenters. The summed E-state index contributed by atoms with van der Waals surface area (Å²) < 4.78 is 15.4. The number of carbonyl (C=O) groups excluding carboxylic acids is 1. The number of fused-ring (bicyclic) bond motifs is 1. The first kappa shape index (κ1) is 23.1. The Morgan fingerprint density at radius 1 is 1.17 bits per heavy atom. The predicted octanol–water partition coefficient (Wildman–Crippen LogP) is 4.74. The number of aromatic nitrogens is 2. The molecule has 0 radical (unpaired) electrons. The topological polar surface area (TPSA) is 72.9 Å². The highest BCUT2D eigenvalue weighted by molar-refractivity contribution is 5.99. The second-order valence-electron chi connectivity index (χ2n) is 7.47. The van der Waals surface area contributed by atoms with E-state index in [1.54, 1.807) is 6.07 Å². The fraction of sp³-hybridized carbons (Fsp3) is 0.333. The van der Waals surface area contributed by atoms with Crippen LogP contribution in [0.3, 0.4) is 0 Å². The van der Waals surface area contributed by atoms with Crippen LogP contribution in [-0.4, -0.2) is 21.0 Å². The molecule has 0 spiro atoms. The van der Waals surface area contributed by atoms with Gasteiger partial charge in [-0.3, -0.25) is 4.79 Å². The van der Waals surface area contributed by atoms with Gasteiger partial charge in [-0.2, -0.15) is 0 Å². The second-order valence-corrected chi connectivity index (χ2v) is 7.47. The lowest BCUT2D eigenvalue weighted by atomic mass is 9.97. The van der Waals surface area contributed by atoms with Crippen molar-refractivity contribution in [3.05, 3.63) is 47.8 Å². The van der Waals surface area contributed by atoms with Crippen LogP contribution < -0.4 is 11.1 Å². The van der Waals surface area contributed by atoms with Crippen LogP contribution in [-0.2, 0) is 11.8 Å². The molecule has 1 aliphatic carbocycles. The molecule has 0 bridgehead atoms. The van der Waals surface area contributed by atoms with Crippen molar-refractivity contribution in [1.29, 1.82) is 0 Å². The number of amides is 1. The minimum Gasteiger partial charge on any atom is -0.327 e. The average Bonchev–Trinajstić information content (AvgIpc) is 3.21. The van der Waals surface area contributed by atoms with Crippen molar-refractivity contribution in [1.82, 2.24) is 9.55 Å². The fourth-order valence-corrected chi connectivity index (χ4v) is 3.85. The summed E-state index contributed by atoms with van der Waals surface area (Å²) in [7, 11) is 1.91. The Morgan fingerprint density at radius 3 is 2.52 bits per heavy atom. The molecule has 0 saturated heterocycles.